The number of ether oxygens (including phenoxy) is 2. The van der Waals surface area contributed by atoms with E-state index in [9.17, 15) is 14.0 Å². The molecule has 0 radical (unpaired) electrons. The summed E-state index contributed by atoms with van der Waals surface area (Å²) in [6.45, 7) is 0.336. The quantitative estimate of drug-likeness (QED) is 0.417. The first-order valence-corrected chi connectivity index (χ1v) is 10.8. The topological polar surface area (TPSA) is 69.0 Å². The number of nitrogens with zero attached hydrogens (tertiary/aromatic N) is 1. The van der Waals surface area contributed by atoms with Gasteiger partial charge in [-0.1, -0.05) is 36.4 Å². The molecule has 1 aromatic heterocycles. The molecule has 1 unspecified atom stereocenters. The first kappa shape index (κ1) is 21.7. The lowest BCUT2D eigenvalue weighted by molar-refractivity contribution is 0.0730. The third kappa shape index (κ3) is 3.59. The van der Waals surface area contributed by atoms with E-state index in [0.717, 1.165) is 17.2 Å². The number of hydrogen-bond donors (Lipinski definition) is 0. The van der Waals surface area contributed by atoms with Crippen molar-refractivity contribution in [1.29, 1.82) is 0 Å². The lowest BCUT2D eigenvalue weighted by Crippen LogP contribution is -2.31. The summed E-state index contributed by atoms with van der Waals surface area (Å²) in [5.74, 6) is 0.316. The highest BCUT2D eigenvalue weighted by Gasteiger charge is 2.42. The second-order valence-electron chi connectivity index (χ2n) is 8.07. The molecule has 0 fully saturated rings. The Morgan fingerprint density at radius 3 is 2.44 bits per heavy atom. The maximum atomic E-state index is 13.9. The number of hydrogen-bond acceptors (Lipinski definition) is 5. The molecule has 1 atom stereocenters. The van der Waals surface area contributed by atoms with E-state index in [1.54, 1.807) is 19.1 Å². The van der Waals surface area contributed by atoms with E-state index in [-0.39, 0.29) is 28.2 Å². The van der Waals surface area contributed by atoms with Gasteiger partial charge in [0.05, 0.1) is 31.2 Å². The Morgan fingerprint density at radius 1 is 0.941 bits per heavy atom. The molecule has 7 heteroatoms. The number of fused-ring (bicyclic) bond motifs is 2. The van der Waals surface area contributed by atoms with Gasteiger partial charge in [0.25, 0.3) is 5.91 Å². The predicted molar refractivity (Wildman–Crippen MR) is 125 cm³/mol. The first-order chi connectivity index (χ1) is 16.5. The van der Waals surface area contributed by atoms with Crippen LogP contribution in [0, 0.1) is 5.82 Å². The monoisotopic (exact) mass is 459 g/mol. The van der Waals surface area contributed by atoms with E-state index >= 15 is 0 Å². The van der Waals surface area contributed by atoms with Crippen molar-refractivity contribution >= 4 is 16.9 Å². The van der Waals surface area contributed by atoms with Gasteiger partial charge in [0.1, 0.15) is 11.4 Å². The molecule has 0 N–H and O–H groups in total. The Hall–Kier alpha value is -4.13. The highest BCUT2D eigenvalue weighted by molar-refractivity contribution is 5.99. The van der Waals surface area contributed by atoms with Crippen LogP contribution in [-0.4, -0.2) is 31.6 Å². The average molecular weight is 459 g/mol. The van der Waals surface area contributed by atoms with Gasteiger partial charge in [-0.25, -0.2) is 4.39 Å². The van der Waals surface area contributed by atoms with E-state index < -0.39 is 17.3 Å². The van der Waals surface area contributed by atoms with Gasteiger partial charge < -0.3 is 18.8 Å². The van der Waals surface area contributed by atoms with Gasteiger partial charge in [0, 0.05) is 6.54 Å². The molecule has 6 nitrogen and oxygen atoms in total. The zero-order valence-corrected chi connectivity index (χ0v) is 18.7. The molecule has 1 aliphatic rings. The number of carbonyl (C=O) groups is 1. The highest BCUT2D eigenvalue weighted by atomic mass is 19.1. The van der Waals surface area contributed by atoms with E-state index in [4.69, 9.17) is 13.9 Å². The number of methoxy groups -OCH3 is 2. The Kier molecular flexibility index (Phi) is 5.53. The van der Waals surface area contributed by atoms with Crippen molar-refractivity contribution in [2.45, 2.75) is 12.5 Å². The van der Waals surface area contributed by atoms with Crippen LogP contribution in [-0.2, 0) is 6.42 Å². The minimum Gasteiger partial charge on any atom is -0.493 e. The maximum Gasteiger partial charge on any atom is 0.290 e. The average Bonchev–Trinajstić information content (AvgIpc) is 3.15. The van der Waals surface area contributed by atoms with E-state index in [1.165, 1.54) is 12.1 Å². The highest BCUT2D eigenvalue weighted by Crippen LogP contribution is 2.38. The number of carbonyl (C=O) groups excluding carboxylic acids is 1. The Morgan fingerprint density at radius 2 is 1.71 bits per heavy atom. The van der Waals surface area contributed by atoms with Gasteiger partial charge in [-0.2, -0.15) is 0 Å². The van der Waals surface area contributed by atoms with Gasteiger partial charge in [0.2, 0.25) is 5.76 Å². The molecule has 0 saturated carbocycles. The lowest BCUT2D eigenvalue weighted by Gasteiger charge is -2.25. The maximum absolute atomic E-state index is 13.9. The number of halogens is 1. The summed E-state index contributed by atoms with van der Waals surface area (Å²) in [5, 5.41) is 0.120. The van der Waals surface area contributed by atoms with Gasteiger partial charge >= 0.3 is 0 Å². The Labute approximate surface area is 195 Å². The fourth-order valence-corrected chi connectivity index (χ4v) is 4.49. The SMILES string of the molecule is COc1ccc(CCN2C(=O)c3oc4ccc(F)cc4c(=O)c3C2c2ccccc2)cc1OC. The summed E-state index contributed by atoms with van der Waals surface area (Å²) in [6.07, 6.45) is 0.520. The molecule has 3 aromatic carbocycles. The minimum atomic E-state index is -0.632. The van der Waals surface area contributed by atoms with Crippen molar-refractivity contribution in [2.24, 2.45) is 0 Å². The fourth-order valence-electron chi connectivity index (χ4n) is 4.49. The predicted octanol–water partition coefficient (Wildman–Crippen LogP) is 4.74. The molecule has 0 spiro atoms. The molecule has 172 valence electrons. The van der Waals surface area contributed by atoms with Crippen LogP contribution in [0.5, 0.6) is 11.5 Å². The number of rotatable bonds is 6. The zero-order valence-electron chi connectivity index (χ0n) is 18.7. The van der Waals surface area contributed by atoms with Crippen LogP contribution >= 0.6 is 0 Å². The van der Waals surface area contributed by atoms with Crippen molar-refractivity contribution in [3.63, 3.8) is 0 Å². The van der Waals surface area contributed by atoms with Crippen molar-refractivity contribution in [3.05, 3.63) is 105 Å². The van der Waals surface area contributed by atoms with Crippen LogP contribution in [0.2, 0.25) is 0 Å². The zero-order chi connectivity index (χ0) is 23.8. The Bertz CT molecular complexity index is 1450. The molecule has 5 rings (SSSR count). The fraction of sp³-hybridized carbons (Fsp3) is 0.185. The molecule has 1 aliphatic heterocycles. The van der Waals surface area contributed by atoms with Gasteiger partial charge in [-0.3, -0.25) is 9.59 Å². The smallest absolute Gasteiger partial charge is 0.290 e. The van der Waals surface area contributed by atoms with Crippen LogP contribution in [0.1, 0.15) is 33.3 Å². The molecule has 0 aliphatic carbocycles. The Balaban J connectivity index is 1.58. The van der Waals surface area contributed by atoms with E-state index in [1.807, 2.05) is 48.5 Å². The largest absolute Gasteiger partial charge is 0.493 e. The van der Waals surface area contributed by atoms with E-state index in [0.29, 0.717) is 24.5 Å². The van der Waals surface area contributed by atoms with Crippen molar-refractivity contribution in [2.75, 3.05) is 20.8 Å². The first-order valence-electron chi connectivity index (χ1n) is 10.8. The molecule has 4 aromatic rings. The summed E-state index contributed by atoms with van der Waals surface area (Å²) >= 11 is 0. The van der Waals surface area contributed by atoms with Gasteiger partial charge in [-0.05, 0) is 47.9 Å². The molecule has 0 saturated heterocycles. The van der Waals surface area contributed by atoms with Crippen LogP contribution in [0.25, 0.3) is 11.0 Å². The second kappa shape index (κ2) is 8.67. The third-order valence-corrected chi connectivity index (χ3v) is 6.13. The summed E-state index contributed by atoms with van der Waals surface area (Å²) < 4.78 is 30.4. The lowest BCUT2D eigenvalue weighted by atomic mass is 9.98. The molecular formula is C27H22FNO5. The van der Waals surface area contributed by atoms with Crippen molar-refractivity contribution < 1.29 is 23.1 Å². The summed E-state index contributed by atoms with van der Waals surface area (Å²) in [7, 11) is 3.14. The third-order valence-electron chi connectivity index (χ3n) is 6.13. The minimum absolute atomic E-state index is 0.00488. The normalized spacial score (nSPS) is 15.0. The molecule has 0 bridgehead atoms. The summed E-state index contributed by atoms with van der Waals surface area (Å²) in [4.78, 5) is 28.5. The molecule has 2 heterocycles. The molecule has 34 heavy (non-hydrogen) atoms. The van der Waals surface area contributed by atoms with Crippen molar-refractivity contribution in [3.8, 4) is 11.5 Å². The second-order valence-corrected chi connectivity index (χ2v) is 8.07. The standard InChI is InChI=1S/C27H22FNO5/c1-32-21-10-8-16(14-22(21)33-2)12-13-29-24(17-6-4-3-5-7-17)23-25(30)19-15-18(28)9-11-20(19)34-26(23)27(29)31/h3-11,14-15,24H,12-13H2,1-2H3. The molecule has 1 amide bonds. The number of amides is 1. The van der Waals surface area contributed by atoms with Crippen LogP contribution < -0.4 is 14.9 Å². The van der Waals surface area contributed by atoms with Crippen LogP contribution in [0.3, 0.4) is 0 Å². The van der Waals surface area contributed by atoms with Gasteiger partial charge in [-0.15, -0.1) is 0 Å². The van der Waals surface area contributed by atoms with Crippen LogP contribution in [0.4, 0.5) is 4.39 Å². The summed E-state index contributed by atoms with van der Waals surface area (Å²) in [5.41, 5.74) is 1.75. The van der Waals surface area contributed by atoms with E-state index in [2.05, 4.69) is 0 Å². The van der Waals surface area contributed by atoms with Crippen molar-refractivity contribution in [1.82, 2.24) is 4.90 Å². The van der Waals surface area contributed by atoms with Crippen LogP contribution in [0.15, 0.2) is 75.9 Å². The summed E-state index contributed by atoms with van der Waals surface area (Å²) in [6, 6.07) is 18.0. The van der Waals surface area contributed by atoms with Gasteiger partial charge in [0.15, 0.2) is 16.9 Å². The molecular weight excluding hydrogens is 437 g/mol. The number of benzene rings is 3.